The zero-order valence-electron chi connectivity index (χ0n) is 15.7. The molecule has 0 amide bonds. The molecule has 1 aliphatic rings. The molecule has 1 aromatic carbocycles. The quantitative estimate of drug-likeness (QED) is 0.346. The lowest BCUT2D eigenvalue weighted by atomic mass is 10.1. The van der Waals surface area contributed by atoms with Crippen LogP contribution in [0.25, 0.3) is 21.7 Å². The van der Waals surface area contributed by atoms with Gasteiger partial charge in [0, 0.05) is 27.1 Å². The van der Waals surface area contributed by atoms with Crippen molar-refractivity contribution in [3.63, 3.8) is 0 Å². The van der Waals surface area contributed by atoms with Gasteiger partial charge in [0.15, 0.2) is 5.13 Å². The van der Waals surface area contributed by atoms with E-state index in [-0.39, 0.29) is 17.1 Å². The topological polar surface area (TPSA) is 95.3 Å². The Morgan fingerprint density at radius 1 is 1.13 bits per heavy atom. The number of carboxylic acids is 1. The first-order chi connectivity index (χ1) is 14.6. The van der Waals surface area contributed by atoms with Gasteiger partial charge in [0.2, 0.25) is 0 Å². The van der Waals surface area contributed by atoms with Crippen LogP contribution in [-0.2, 0) is 0 Å². The largest absolute Gasteiger partial charge is 0.508 e. The van der Waals surface area contributed by atoms with Gasteiger partial charge in [0.05, 0.1) is 5.69 Å². The van der Waals surface area contributed by atoms with E-state index in [1.165, 1.54) is 27.6 Å². The van der Waals surface area contributed by atoms with Crippen molar-refractivity contribution in [2.24, 2.45) is 0 Å². The predicted octanol–water partition coefficient (Wildman–Crippen LogP) is 5.96. The highest BCUT2D eigenvalue weighted by atomic mass is 32.1. The molecule has 0 spiro atoms. The van der Waals surface area contributed by atoms with Crippen LogP contribution in [0.3, 0.4) is 0 Å². The molecule has 150 valence electrons. The number of hydrogen-bond donors (Lipinski definition) is 3. The summed E-state index contributed by atoms with van der Waals surface area (Å²) in [4.78, 5) is 23.1. The average Bonchev–Trinajstić information content (AvgIpc) is 3.27. The number of thiazole rings is 1. The molecular weight excluding hydrogens is 418 g/mol. The third kappa shape index (κ3) is 3.67. The van der Waals surface area contributed by atoms with Crippen LogP contribution in [0.4, 0.5) is 10.9 Å². The van der Waals surface area contributed by atoms with Crippen LogP contribution in [0.1, 0.15) is 34.0 Å². The molecule has 0 saturated heterocycles. The SMILES string of the molecule is O=C(O)c1cc(-c2cccs2)cnc1Nc1nc(-c2ccc(O)cc2)c(C2CC2)s1. The molecule has 3 N–H and O–H groups in total. The van der Waals surface area contributed by atoms with Crippen molar-refractivity contribution in [2.75, 3.05) is 5.32 Å². The Morgan fingerprint density at radius 3 is 2.60 bits per heavy atom. The van der Waals surface area contributed by atoms with Gasteiger partial charge in [0.25, 0.3) is 0 Å². The zero-order valence-corrected chi connectivity index (χ0v) is 17.3. The number of anilines is 2. The van der Waals surface area contributed by atoms with E-state index in [0.29, 0.717) is 11.0 Å². The number of carbonyl (C=O) groups is 1. The van der Waals surface area contributed by atoms with Crippen molar-refractivity contribution in [2.45, 2.75) is 18.8 Å². The third-order valence-electron chi connectivity index (χ3n) is 4.89. The van der Waals surface area contributed by atoms with Gasteiger partial charge in [-0.05, 0) is 60.5 Å². The molecule has 0 aliphatic heterocycles. The standard InChI is InChI=1S/C22H17N3O3S2/c26-15-7-5-12(6-8-15)18-19(13-3-4-13)30-22(24-18)25-20-16(21(27)28)10-14(11-23-20)17-2-1-9-29-17/h1-2,5-11,13,26H,3-4H2,(H,27,28)(H,23,24,25). The second-order valence-corrected chi connectivity index (χ2v) is 9.06. The number of phenols is 1. The summed E-state index contributed by atoms with van der Waals surface area (Å²) >= 11 is 3.07. The number of phenolic OH excluding ortho intramolecular Hbond substituents is 1. The van der Waals surface area contributed by atoms with Gasteiger partial charge in [0.1, 0.15) is 17.1 Å². The third-order valence-corrected chi connectivity index (χ3v) is 6.94. The summed E-state index contributed by atoms with van der Waals surface area (Å²) in [6.45, 7) is 0. The molecule has 6 nitrogen and oxygen atoms in total. The summed E-state index contributed by atoms with van der Waals surface area (Å²) in [6.07, 6.45) is 3.93. The highest BCUT2D eigenvalue weighted by molar-refractivity contribution is 7.16. The smallest absolute Gasteiger partial charge is 0.339 e. The summed E-state index contributed by atoms with van der Waals surface area (Å²) in [5.41, 5.74) is 2.68. The number of pyridine rings is 1. The minimum Gasteiger partial charge on any atom is -0.508 e. The first kappa shape index (κ1) is 18.8. The van der Waals surface area contributed by atoms with Crippen molar-refractivity contribution in [3.8, 4) is 27.4 Å². The lowest BCUT2D eigenvalue weighted by molar-refractivity contribution is 0.0697. The van der Waals surface area contributed by atoms with Crippen LogP contribution >= 0.6 is 22.7 Å². The zero-order chi connectivity index (χ0) is 20.7. The molecule has 1 saturated carbocycles. The molecule has 4 aromatic rings. The summed E-state index contributed by atoms with van der Waals surface area (Å²) < 4.78 is 0. The first-order valence-corrected chi connectivity index (χ1v) is 11.1. The van der Waals surface area contributed by atoms with Crippen LogP contribution in [0.2, 0.25) is 0 Å². The van der Waals surface area contributed by atoms with Gasteiger partial charge >= 0.3 is 5.97 Å². The molecule has 3 heterocycles. The second-order valence-electron chi connectivity index (χ2n) is 7.08. The molecule has 1 fully saturated rings. The van der Waals surface area contributed by atoms with Gasteiger partial charge in [-0.1, -0.05) is 6.07 Å². The number of aromatic hydroxyl groups is 1. The molecule has 8 heteroatoms. The van der Waals surface area contributed by atoms with E-state index >= 15 is 0 Å². The monoisotopic (exact) mass is 435 g/mol. The van der Waals surface area contributed by atoms with E-state index in [2.05, 4.69) is 10.3 Å². The maximum absolute atomic E-state index is 11.9. The Morgan fingerprint density at radius 2 is 1.93 bits per heavy atom. The van der Waals surface area contributed by atoms with Crippen LogP contribution in [-0.4, -0.2) is 26.2 Å². The Hall–Kier alpha value is -3.23. The lowest BCUT2D eigenvalue weighted by Crippen LogP contribution is -2.05. The number of carboxylic acid groups (broad SMARTS) is 1. The summed E-state index contributed by atoms with van der Waals surface area (Å²) in [5, 5.41) is 25.0. The molecular formula is C22H17N3O3S2. The van der Waals surface area contributed by atoms with E-state index in [9.17, 15) is 15.0 Å². The molecule has 1 aliphatic carbocycles. The van der Waals surface area contributed by atoms with Gasteiger partial charge in [-0.15, -0.1) is 22.7 Å². The first-order valence-electron chi connectivity index (χ1n) is 9.43. The number of benzene rings is 1. The molecule has 0 unspecified atom stereocenters. The summed E-state index contributed by atoms with van der Waals surface area (Å²) in [7, 11) is 0. The number of aromatic carboxylic acids is 1. The number of nitrogens with one attached hydrogen (secondary N) is 1. The summed E-state index contributed by atoms with van der Waals surface area (Å²) in [6, 6.07) is 12.5. The van der Waals surface area contributed by atoms with Crippen molar-refractivity contribution in [3.05, 3.63) is 64.5 Å². The number of rotatable bonds is 6. The van der Waals surface area contributed by atoms with E-state index in [4.69, 9.17) is 4.98 Å². The Bertz CT molecular complexity index is 1210. The second kappa shape index (κ2) is 7.55. The van der Waals surface area contributed by atoms with E-state index in [0.717, 1.165) is 34.5 Å². The van der Waals surface area contributed by atoms with Crippen LogP contribution < -0.4 is 5.32 Å². The van der Waals surface area contributed by atoms with E-state index in [1.807, 2.05) is 29.6 Å². The van der Waals surface area contributed by atoms with Crippen molar-refractivity contribution >= 4 is 39.6 Å². The Balaban J connectivity index is 1.50. The van der Waals surface area contributed by atoms with Gasteiger partial charge in [-0.3, -0.25) is 0 Å². The minimum absolute atomic E-state index is 0.107. The van der Waals surface area contributed by atoms with Crippen LogP contribution in [0.15, 0.2) is 54.0 Å². The fourth-order valence-corrected chi connectivity index (χ4v) is 5.10. The lowest BCUT2D eigenvalue weighted by Gasteiger charge is -2.07. The van der Waals surface area contributed by atoms with E-state index in [1.54, 1.807) is 24.4 Å². The Labute approximate surface area is 180 Å². The minimum atomic E-state index is -1.04. The van der Waals surface area contributed by atoms with Gasteiger partial charge < -0.3 is 15.5 Å². The molecule has 0 radical (unpaired) electrons. The molecule has 3 aromatic heterocycles. The fourth-order valence-electron chi connectivity index (χ4n) is 3.24. The Kier molecular flexibility index (Phi) is 4.72. The highest BCUT2D eigenvalue weighted by Crippen LogP contribution is 2.48. The van der Waals surface area contributed by atoms with Crippen LogP contribution in [0, 0.1) is 0 Å². The number of hydrogen-bond acceptors (Lipinski definition) is 7. The van der Waals surface area contributed by atoms with Gasteiger partial charge in [-0.25, -0.2) is 14.8 Å². The maximum atomic E-state index is 11.9. The van der Waals surface area contributed by atoms with Gasteiger partial charge in [-0.2, -0.15) is 0 Å². The number of thiophene rings is 1. The van der Waals surface area contributed by atoms with Crippen molar-refractivity contribution in [1.82, 2.24) is 9.97 Å². The molecule has 30 heavy (non-hydrogen) atoms. The normalized spacial score (nSPS) is 13.3. The molecule has 0 atom stereocenters. The average molecular weight is 436 g/mol. The van der Waals surface area contributed by atoms with Crippen molar-refractivity contribution in [1.29, 1.82) is 0 Å². The van der Waals surface area contributed by atoms with Crippen LogP contribution in [0.5, 0.6) is 5.75 Å². The fraction of sp³-hybridized carbons (Fsp3) is 0.136. The highest BCUT2D eigenvalue weighted by Gasteiger charge is 2.30. The van der Waals surface area contributed by atoms with Crippen molar-refractivity contribution < 1.29 is 15.0 Å². The number of aromatic nitrogens is 2. The maximum Gasteiger partial charge on any atom is 0.339 e. The molecule has 5 rings (SSSR count). The predicted molar refractivity (Wildman–Crippen MR) is 119 cm³/mol. The van der Waals surface area contributed by atoms with E-state index < -0.39 is 5.97 Å². The number of nitrogens with zero attached hydrogens (tertiary/aromatic N) is 2. The summed E-state index contributed by atoms with van der Waals surface area (Å²) in [5.74, 6) is -0.0753. The molecule has 0 bridgehead atoms.